The quantitative estimate of drug-likeness (QED) is 0.217. The molecular weight excluding hydrogens is 505 g/mol. The lowest BCUT2D eigenvalue weighted by atomic mass is 10.1. The summed E-state index contributed by atoms with van der Waals surface area (Å²) in [6.07, 6.45) is 4.42. The Labute approximate surface area is 192 Å². The zero-order valence-corrected chi connectivity index (χ0v) is 20.7. The predicted octanol–water partition coefficient (Wildman–Crippen LogP) is 2.66. The number of sulfone groups is 1. The third-order valence-electron chi connectivity index (χ3n) is 4.54. The molecule has 166 valence electrons. The fourth-order valence-electron chi connectivity index (χ4n) is 3.11. The highest BCUT2D eigenvalue weighted by Crippen LogP contribution is 2.17. The van der Waals surface area contributed by atoms with Crippen molar-refractivity contribution in [1.29, 1.82) is 0 Å². The smallest absolute Gasteiger partial charge is 0.191 e. The first-order chi connectivity index (χ1) is 13.4. The molecule has 1 aliphatic rings. The number of hydrogen-bond acceptors (Lipinski definition) is 5. The zero-order valence-electron chi connectivity index (χ0n) is 17.6. The minimum atomic E-state index is -3.20. The molecule has 0 spiro atoms. The monoisotopic (exact) mass is 539 g/mol. The van der Waals surface area contributed by atoms with Crippen molar-refractivity contribution in [2.45, 2.75) is 50.7 Å². The van der Waals surface area contributed by atoms with Crippen LogP contribution in [0.15, 0.2) is 28.1 Å². The number of aliphatic imine (C=N–C) groups is 1. The number of benzene rings is 1. The first-order valence-electron chi connectivity index (χ1n) is 9.91. The van der Waals surface area contributed by atoms with Crippen molar-refractivity contribution < 1.29 is 17.9 Å². The number of guanidine groups is 1. The largest absolute Gasteiger partial charge is 0.381 e. The normalized spacial score (nSPS) is 15.6. The molecule has 2 N–H and O–H groups in total. The molecule has 0 aliphatic carbocycles. The summed E-state index contributed by atoms with van der Waals surface area (Å²) in [5, 5.41) is 6.55. The molecule has 0 amide bonds. The van der Waals surface area contributed by atoms with Gasteiger partial charge in [0.15, 0.2) is 15.8 Å². The lowest BCUT2D eigenvalue weighted by Crippen LogP contribution is -2.38. The molecule has 2 rings (SSSR count). The second kappa shape index (κ2) is 13.4. The molecule has 1 fully saturated rings. The highest BCUT2D eigenvalue weighted by Gasteiger charge is 2.13. The van der Waals surface area contributed by atoms with Gasteiger partial charge in [-0.05, 0) is 50.3 Å². The van der Waals surface area contributed by atoms with Gasteiger partial charge in [-0.2, -0.15) is 0 Å². The Morgan fingerprint density at radius 2 is 2.00 bits per heavy atom. The van der Waals surface area contributed by atoms with Crippen molar-refractivity contribution >= 4 is 39.8 Å². The van der Waals surface area contributed by atoms with Gasteiger partial charge in [0.25, 0.3) is 0 Å². The van der Waals surface area contributed by atoms with Crippen LogP contribution < -0.4 is 10.6 Å². The standard InChI is InChI=1S/C20H33N3O4S.HI/c1-4-21-20(22-10-5-11-27-18-8-12-26-13-9-18)23-15-17-6-7-19(16(2)14-17)28(3,24)25;/h6-7,14,18H,4-5,8-13,15H2,1-3H3,(H2,21,22,23);1H. The average molecular weight is 539 g/mol. The fourth-order valence-corrected chi connectivity index (χ4v) is 4.07. The first kappa shape index (κ1) is 26.1. The topological polar surface area (TPSA) is 89.0 Å². The molecule has 1 aliphatic heterocycles. The Morgan fingerprint density at radius 3 is 2.62 bits per heavy atom. The van der Waals surface area contributed by atoms with Gasteiger partial charge in [0.2, 0.25) is 0 Å². The molecule has 0 atom stereocenters. The van der Waals surface area contributed by atoms with Crippen molar-refractivity contribution in [1.82, 2.24) is 10.6 Å². The minimum absolute atomic E-state index is 0. The molecule has 29 heavy (non-hydrogen) atoms. The van der Waals surface area contributed by atoms with E-state index in [9.17, 15) is 8.42 Å². The van der Waals surface area contributed by atoms with Crippen LogP contribution in [-0.2, 0) is 25.9 Å². The van der Waals surface area contributed by atoms with E-state index in [-0.39, 0.29) is 24.0 Å². The van der Waals surface area contributed by atoms with E-state index in [0.717, 1.165) is 69.3 Å². The SMILES string of the molecule is CCNC(=NCc1ccc(S(C)(=O)=O)c(C)c1)NCCCOC1CCOCC1.I. The Balaban J connectivity index is 0.00000420. The molecule has 0 unspecified atom stereocenters. The predicted molar refractivity (Wildman–Crippen MR) is 127 cm³/mol. The number of halogens is 1. The molecule has 1 saturated heterocycles. The third-order valence-corrected chi connectivity index (χ3v) is 5.80. The Bertz CT molecular complexity index is 750. The molecule has 7 nitrogen and oxygen atoms in total. The number of aryl methyl sites for hydroxylation is 1. The van der Waals surface area contributed by atoms with Gasteiger partial charge >= 0.3 is 0 Å². The van der Waals surface area contributed by atoms with Crippen LogP contribution in [0.4, 0.5) is 0 Å². The molecule has 0 aromatic heterocycles. The van der Waals surface area contributed by atoms with Crippen LogP contribution in [0, 0.1) is 6.92 Å². The second-order valence-electron chi connectivity index (χ2n) is 7.03. The van der Waals surface area contributed by atoms with Crippen LogP contribution in [0.3, 0.4) is 0 Å². The molecule has 0 saturated carbocycles. The molecule has 0 radical (unpaired) electrons. The number of rotatable bonds is 9. The third kappa shape index (κ3) is 9.63. The van der Waals surface area contributed by atoms with Crippen molar-refractivity contribution in [2.75, 3.05) is 39.2 Å². The average Bonchev–Trinajstić information content (AvgIpc) is 2.65. The number of nitrogens with one attached hydrogen (secondary N) is 2. The number of nitrogens with zero attached hydrogens (tertiary/aromatic N) is 1. The molecule has 1 aromatic rings. The Morgan fingerprint density at radius 1 is 1.28 bits per heavy atom. The van der Waals surface area contributed by atoms with Crippen LogP contribution >= 0.6 is 24.0 Å². The van der Waals surface area contributed by atoms with Crippen molar-refractivity contribution in [3.8, 4) is 0 Å². The highest BCUT2D eigenvalue weighted by atomic mass is 127. The Hall–Kier alpha value is -0.910. The molecule has 0 bridgehead atoms. The van der Waals surface area contributed by atoms with E-state index in [4.69, 9.17) is 9.47 Å². The first-order valence-corrected chi connectivity index (χ1v) is 11.8. The molecule has 1 aromatic carbocycles. The van der Waals surface area contributed by atoms with E-state index in [1.807, 2.05) is 26.0 Å². The minimum Gasteiger partial charge on any atom is -0.381 e. The van der Waals surface area contributed by atoms with Crippen LogP contribution in [-0.4, -0.2) is 59.6 Å². The van der Waals surface area contributed by atoms with Gasteiger partial charge in [0.1, 0.15) is 0 Å². The van der Waals surface area contributed by atoms with E-state index in [1.165, 1.54) is 6.26 Å². The van der Waals surface area contributed by atoms with Gasteiger partial charge in [0.05, 0.1) is 17.5 Å². The summed E-state index contributed by atoms with van der Waals surface area (Å²) in [6.45, 7) is 8.19. The van der Waals surface area contributed by atoms with Crippen molar-refractivity contribution in [3.05, 3.63) is 29.3 Å². The van der Waals surface area contributed by atoms with E-state index < -0.39 is 9.84 Å². The summed E-state index contributed by atoms with van der Waals surface area (Å²) in [6, 6.07) is 5.35. The summed E-state index contributed by atoms with van der Waals surface area (Å²) in [5.41, 5.74) is 1.73. The number of ether oxygens (including phenoxy) is 2. The maximum Gasteiger partial charge on any atom is 0.191 e. The van der Waals surface area contributed by atoms with E-state index >= 15 is 0 Å². The summed E-state index contributed by atoms with van der Waals surface area (Å²) >= 11 is 0. The van der Waals surface area contributed by atoms with Gasteiger partial charge in [0, 0.05) is 39.2 Å². The fraction of sp³-hybridized carbons (Fsp3) is 0.650. The zero-order chi connectivity index (χ0) is 20.4. The molecule has 1 heterocycles. The van der Waals surface area contributed by atoms with E-state index in [0.29, 0.717) is 17.5 Å². The van der Waals surface area contributed by atoms with Gasteiger partial charge in [-0.3, -0.25) is 0 Å². The maximum absolute atomic E-state index is 11.7. The Kier molecular flexibility index (Phi) is 12.1. The van der Waals surface area contributed by atoms with Crippen LogP contribution in [0.25, 0.3) is 0 Å². The molecule has 9 heteroatoms. The van der Waals surface area contributed by atoms with Crippen LogP contribution in [0.1, 0.15) is 37.3 Å². The maximum atomic E-state index is 11.7. The van der Waals surface area contributed by atoms with Gasteiger partial charge in [-0.15, -0.1) is 24.0 Å². The highest BCUT2D eigenvalue weighted by molar-refractivity contribution is 14.0. The van der Waals surface area contributed by atoms with Gasteiger partial charge in [-0.25, -0.2) is 13.4 Å². The van der Waals surface area contributed by atoms with Gasteiger partial charge < -0.3 is 20.1 Å². The number of hydrogen-bond donors (Lipinski definition) is 2. The lowest BCUT2D eigenvalue weighted by molar-refractivity contribution is -0.0320. The lowest BCUT2D eigenvalue weighted by Gasteiger charge is -2.22. The summed E-state index contributed by atoms with van der Waals surface area (Å²) in [5.74, 6) is 0.749. The van der Waals surface area contributed by atoms with Crippen LogP contribution in [0.2, 0.25) is 0 Å². The summed E-state index contributed by atoms with van der Waals surface area (Å²) in [4.78, 5) is 4.96. The summed E-state index contributed by atoms with van der Waals surface area (Å²) < 4.78 is 34.7. The van der Waals surface area contributed by atoms with E-state index in [1.54, 1.807) is 6.07 Å². The van der Waals surface area contributed by atoms with E-state index in [2.05, 4.69) is 15.6 Å². The summed E-state index contributed by atoms with van der Waals surface area (Å²) in [7, 11) is -3.20. The second-order valence-corrected chi connectivity index (χ2v) is 9.01. The van der Waals surface area contributed by atoms with Crippen molar-refractivity contribution in [3.63, 3.8) is 0 Å². The van der Waals surface area contributed by atoms with Crippen molar-refractivity contribution in [2.24, 2.45) is 4.99 Å². The van der Waals surface area contributed by atoms with Gasteiger partial charge in [-0.1, -0.05) is 12.1 Å². The van der Waals surface area contributed by atoms with Crippen LogP contribution in [0.5, 0.6) is 0 Å². The molecular formula is C20H34IN3O4S.